The van der Waals surface area contributed by atoms with Crippen molar-refractivity contribution in [2.75, 3.05) is 0 Å². The molecule has 0 aromatic carbocycles. The molecule has 2 unspecified atom stereocenters. The third-order valence-corrected chi connectivity index (χ3v) is 2.30. The lowest BCUT2D eigenvalue weighted by molar-refractivity contribution is -0.582. The Bertz CT molecular complexity index is 197. The molecule has 2 N–H and O–H groups in total. The van der Waals surface area contributed by atoms with Crippen LogP contribution in [0.25, 0.3) is 0 Å². The Morgan fingerprint density at radius 1 is 1.89 bits per heavy atom. The molecule has 2 atom stereocenters. The predicted octanol–water partition coefficient (Wildman–Crippen LogP) is -0.575. The van der Waals surface area contributed by atoms with Crippen molar-refractivity contribution in [3.05, 3.63) is 12.2 Å². The molecule has 0 aromatic heterocycles. The number of rotatable bonds is 0. The number of hydrogen-bond acceptors (Lipinski definition) is 1. The van der Waals surface area contributed by atoms with Crippen LogP contribution in [-0.4, -0.2) is 11.9 Å². The molecule has 9 heavy (non-hydrogen) atoms. The fraction of sp³-hybridized carbons (Fsp3) is 0.571. The second-order valence-corrected chi connectivity index (χ2v) is 3.18. The van der Waals surface area contributed by atoms with Crippen molar-refractivity contribution in [2.45, 2.75) is 19.4 Å². The second-order valence-electron chi connectivity index (χ2n) is 3.18. The Balaban J connectivity index is 2.44. The highest BCUT2D eigenvalue weighted by molar-refractivity contribution is 5.78. The van der Waals surface area contributed by atoms with Gasteiger partial charge in [-0.2, -0.15) is 0 Å². The van der Waals surface area contributed by atoms with E-state index < -0.39 is 0 Å². The summed E-state index contributed by atoms with van der Waals surface area (Å²) in [6.07, 6.45) is 5.19. The largest absolute Gasteiger partial charge is 0.320 e. The zero-order valence-corrected chi connectivity index (χ0v) is 5.42. The fourth-order valence-electron chi connectivity index (χ4n) is 1.64. The van der Waals surface area contributed by atoms with E-state index in [-0.39, 0.29) is 5.41 Å². The molecule has 1 heterocycles. The average molecular weight is 124 g/mol. The summed E-state index contributed by atoms with van der Waals surface area (Å²) in [6.45, 7) is 2.01. The van der Waals surface area contributed by atoms with Gasteiger partial charge in [0.1, 0.15) is 11.5 Å². The van der Waals surface area contributed by atoms with Crippen LogP contribution in [-0.2, 0) is 4.79 Å². The first kappa shape index (κ1) is 5.18. The van der Waals surface area contributed by atoms with Crippen molar-refractivity contribution in [2.24, 2.45) is 5.41 Å². The van der Waals surface area contributed by atoms with E-state index in [0.29, 0.717) is 11.9 Å². The van der Waals surface area contributed by atoms with Crippen molar-refractivity contribution >= 4 is 5.91 Å². The van der Waals surface area contributed by atoms with Crippen LogP contribution in [0.15, 0.2) is 12.2 Å². The minimum absolute atomic E-state index is 0.106. The predicted molar refractivity (Wildman–Crippen MR) is 32.6 cm³/mol. The number of amides is 1. The van der Waals surface area contributed by atoms with E-state index >= 15 is 0 Å². The van der Waals surface area contributed by atoms with Crippen molar-refractivity contribution < 1.29 is 10.1 Å². The normalized spacial score (nSPS) is 46.8. The first-order valence-electron chi connectivity index (χ1n) is 3.29. The maximum Gasteiger partial charge on any atom is 0.320 e. The number of hydrogen-bond donors (Lipinski definition) is 1. The maximum absolute atomic E-state index is 11.1. The highest BCUT2D eigenvalue weighted by Gasteiger charge is 2.48. The van der Waals surface area contributed by atoms with Gasteiger partial charge in [0.2, 0.25) is 0 Å². The summed E-state index contributed by atoms with van der Waals surface area (Å²) in [5, 5.41) is 1.83. The minimum atomic E-state index is -0.106. The lowest BCUT2D eigenvalue weighted by Gasteiger charge is -2.08. The van der Waals surface area contributed by atoms with Gasteiger partial charge in [-0.1, -0.05) is 6.08 Å². The first-order valence-corrected chi connectivity index (χ1v) is 3.29. The zero-order chi connectivity index (χ0) is 6.48. The van der Waals surface area contributed by atoms with Crippen molar-refractivity contribution in [1.82, 2.24) is 0 Å². The first-order chi connectivity index (χ1) is 4.21. The average Bonchev–Trinajstić information content (AvgIpc) is 2.22. The molecule has 2 aliphatic rings. The molecule has 0 aromatic rings. The summed E-state index contributed by atoms with van der Waals surface area (Å²) in [5.74, 6) is 0.315. The van der Waals surface area contributed by atoms with Gasteiger partial charge in [0.05, 0.1) is 0 Å². The Hall–Kier alpha value is -0.630. The molecule has 0 radical (unpaired) electrons. The van der Waals surface area contributed by atoms with Gasteiger partial charge in [0, 0.05) is 6.42 Å². The van der Waals surface area contributed by atoms with Gasteiger partial charge in [0.15, 0.2) is 0 Å². The van der Waals surface area contributed by atoms with Crippen molar-refractivity contribution in [3.63, 3.8) is 0 Å². The van der Waals surface area contributed by atoms with Gasteiger partial charge >= 0.3 is 5.91 Å². The van der Waals surface area contributed by atoms with Gasteiger partial charge < -0.3 is 0 Å². The molecule has 0 spiro atoms. The molecule has 48 valence electrons. The van der Waals surface area contributed by atoms with E-state index in [1.165, 1.54) is 0 Å². The topological polar surface area (TPSA) is 33.7 Å². The lowest BCUT2D eigenvalue weighted by atomic mass is 9.92. The molecule has 1 amide bonds. The van der Waals surface area contributed by atoms with Crippen molar-refractivity contribution in [1.29, 1.82) is 0 Å². The molecule has 2 rings (SSSR count). The van der Waals surface area contributed by atoms with Crippen LogP contribution in [0.3, 0.4) is 0 Å². The van der Waals surface area contributed by atoms with Crippen LogP contribution in [0.4, 0.5) is 0 Å². The fourth-order valence-corrected chi connectivity index (χ4v) is 1.64. The summed E-state index contributed by atoms with van der Waals surface area (Å²) < 4.78 is 0. The van der Waals surface area contributed by atoms with Crippen molar-refractivity contribution in [3.8, 4) is 0 Å². The van der Waals surface area contributed by atoms with Gasteiger partial charge in [0.25, 0.3) is 0 Å². The molecule has 0 saturated carbocycles. The summed E-state index contributed by atoms with van der Waals surface area (Å²) in [6, 6.07) is 0.461. The van der Waals surface area contributed by atoms with Gasteiger partial charge in [-0.05, 0) is 13.0 Å². The standard InChI is InChI=1S/C7H9NO/c1-7-3-2-5(4-7)8-6(7)9/h2-3,5H,4H2,1H3,(H,8,9)/p+1. The third kappa shape index (κ3) is 0.512. The molecular weight excluding hydrogens is 114 g/mol. The number of quaternary nitrogens is 1. The van der Waals surface area contributed by atoms with Crippen LogP contribution >= 0.6 is 0 Å². The molecule has 1 fully saturated rings. The second kappa shape index (κ2) is 1.27. The summed E-state index contributed by atoms with van der Waals surface area (Å²) in [5.41, 5.74) is -0.106. The van der Waals surface area contributed by atoms with E-state index in [1.807, 2.05) is 18.3 Å². The molecule has 2 bridgehead atoms. The Morgan fingerprint density at radius 2 is 2.67 bits per heavy atom. The highest BCUT2D eigenvalue weighted by atomic mass is 16.2. The molecule has 1 aliphatic carbocycles. The smallest absolute Gasteiger partial charge is 0.277 e. The summed E-state index contributed by atoms with van der Waals surface area (Å²) >= 11 is 0. The van der Waals surface area contributed by atoms with Crippen LogP contribution in [0.2, 0.25) is 0 Å². The van der Waals surface area contributed by atoms with Crippen LogP contribution in [0, 0.1) is 5.41 Å². The monoisotopic (exact) mass is 124 g/mol. The third-order valence-electron chi connectivity index (χ3n) is 2.30. The summed E-state index contributed by atoms with van der Waals surface area (Å²) in [7, 11) is 0. The quantitative estimate of drug-likeness (QED) is 0.431. The van der Waals surface area contributed by atoms with Gasteiger partial charge in [-0.25, -0.2) is 4.79 Å². The number of primary amides is 1. The Morgan fingerprint density at radius 3 is 2.89 bits per heavy atom. The van der Waals surface area contributed by atoms with E-state index in [0.717, 1.165) is 6.42 Å². The Kier molecular flexibility index (Phi) is 0.728. The maximum atomic E-state index is 11.1. The minimum Gasteiger partial charge on any atom is -0.277 e. The Labute approximate surface area is 53.9 Å². The van der Waals surface area contributed by atoms with E-state index in [2.05, 4.69) is 6.08 Å². The highest BCUT2D eigenvalue weighted by Crippen LogP contribution is 2.32. The number of fused-ring (bicyclic) bond motifs is 2. The van der Waals surface area contributed by atoms with Crippen LogP contribution in [0.5, 0.6) is 0 Å². The van der Waals surface area contributed by atoms with Crippen LogP contribution in [0.1, 0.15) is 13.3 Å². The van der Waals surface area contributed by atoms with Crippen LogP contribution < -0.4 is 5.32 Å². The molecule has 1 aliphatic heterocycles. The number of carbonyl (C=O) groups excluding carboxylic acids is 1. The van der Waals surface area contributed by atoms with E-state index in [9.17, 15) is 4.79 Å². The lowest BCUT2D eigenvalue weighted by Crippen LogP contribution is -2.91. The SMILES string of the molecule is CC12C=CC(C1)[NH2+]C2=O. The van der Waals surface area contributed by atoms with E-state index in [4.69, 9.17) is 0 Å². The number of carbonyl (C=O) groups is 1. The molecule has 1 saturated heterocycles. The molecule has 2 nitrogen and oxygen atoms in total. The summed E-state index contributed by atoms with van der Waals surface area (Å²) in [4.78, 5) is 11.1. The van der Waals surface area contributed by atoms with Gasteiger partial charge in [-0.15, -0.1) is 0 Å². The van der Waals surface area contributed by atoms with Gasteiger partial charge in [-0.3, -0.25) is 5.32 Å². The molecular formula is C7H10NO+. The molecule has 2 heteroatoms. The van der Waals surface area contributed by atoms with E-state index in [1.54, 1.807) is 0 Å². The number of nitrogens with two attached hydrogens (primary N) is 1. The zero-order valence-electron chi connectivity index (χ0n) is 5.42.